The maximum atomic E-state index is 11.7. The Balaban J connectivity index is 1.40. The number of carbonyl (C=O) groups is 1. The average Bonchev–Trinajstić information content (AvgIpc) is 2.93. The Labute approximate surface area is 209 Å². The lowest BCUT2D eigenvalue weighted by Gasteiger charge is -2.36. The topological polar surface area (TPSA) is 118 Å². The third kappa shape index (κ3) is 5.02. The number of aromatic nitrogens is 3. The lowest BCUT2D eigenvalue weighted by molar-refractivity contribution is -0.111. The zero-order valence-electron chi connectivity index (χ0n) is 19.7. The van der Waals surface area contributed by atoms with Crippen molar-refractivity contribution < 1.29 is 9.53 Å². The Morgan fingerprint density at radius 1 is 1.17 bits per heavy atom. The molecule has 182 valence electrons. The van der Waals surface area contributed by atoms with Gasteiger partial charge in [0.1, 0.15) is 5.52 Å². The second-order valence-electron chi connectivity index (χ2n) is 8.39. The summed E-state index contributed by atoms with van der Waals surface area (Å²) >= 11 is 0. The lowest BCUT2D eigenvalue weighted by Crippen LogP contribution is -2.49. The number of benzene rings is 2. The molecule has 3 heterocycles. The minimum Gasteiger partial charge on any atom is -0.377 e. The van der Waals surface area contributed by atoms with Crippen LogP contribution in [0.25, 0.3) is 22.2 Å². The molecule has 0 aliphatic carbocycles. The highest BCUT2D eigenvalue weighted by molar-refractivity contribution is 5.99. The van der Waals surface area contributed by atoms with E-state index in [2.05, 4.69) is 44.2 Å². The molecule has 1 saturated heterocycles. The van der Waals surface area contributed by atoms with Crippen LogP contribution >= 0.6 is 0 Å². The van der Waals surface area contributed by atoms with Crippen molar-refractivity contribution in [3.63, 3.8) is 0 Å². The van der Waals surface area contributed by atoms with E-state index >= 15 is 0 Å². The molecule has 1 aliphatic heterocycles. The number of nitrogens with one attached hydrogen (secondary N) is 2. The van der Waals surface area contributed by atoms with Gasteiger partial charge in [-0.15, -0.1) is 0 Å². The maximum absolute atomic E-state index is 11.7. The molecular weight excluding hydrogens is 454 g/mol. The van der Waals surface area contributed by atoms with Gasteiger partial charge >= 0.3 is 0 Å². The SMILES string of the molecule is C=CC(=O)Nc1cccc(-c2nccc3cnc(Nc4ccc(N5CCOC[C@H]5CN)cc4)nc23)c1. The van der Waals surface area contributed by atoms with E-state index in [0.29, 0.717) is 42.6 Å². The zero-order chi connectivity index (χ0) is 24.9. The third-order valence-corrected chi connectivity index (χ3v) is 6.04. The molecule has 2 aromatic heterocycles. The van der Waals surface area contributed by atoms with Crippen LogP contribution in [0, 0.1) is 0 Å². The molecule has 4 N–H and O–H groups in total. The van der Waals surface area contributed by atoms with E-state index in [0.717, 1.165) is 28.9 Å². The van der Waals surface area contributed by atoms with Crippen molar-refractivity contribution >= 4 is 39.8 Å². The van der Waals surface area contributed by atoms with E-state index in [4.69, 9.17) is 15.5 Å². The maximum Gasteiger partial charge on any atom is 0.247 e. The van der Waals surface area contributed by atoms with Crippen LogP contribution in [-0.2, 0) is 9.53 Å². The van der Waals surface area contributed by atoms with Crippen molar-refractivity contribution in [2.24, 2.45) is 5.73 Å². The Kier molecular flexibility index (Phi) is 6.83. The predicted octanol–water partition coefficient (Wildman–Crippen LogP) is 3.72. The summed E-state index contributed by atoms with van der Waals surface area (Å²) in [6, 6.07) is 17.6. The van der Waals surface area contributed by atoms with Crippen molar-refractivity contribution in [3.05, 3.63) is 79.6 Å². The highest BCUT2D eigenvalue weighted by atomic mass is 16.5. The number of fused-ring (bicyclic) bond motifs is 1. The quantitative estimate of drug-likeness (QED) is 0.342. The van der Waals surface area contributed by atoms with Crippen LogP contribution in [0.4, 0.5) is 23.0 Å². The smallest absolute Gasteiger partial charge is 0.247 e. The number of hydrogen-bond donors (Lipinski definition) is 3. The summed E-state index contributed by atoms with van der Waals surface area (Å²) in [7, 11) is 0. The molecule has 9 nitrogen and oxygen atoms in total. The minimum absolute atomic E-state index is 0.177. The van der Waals surface area contributed by atoms with Gasteiger partial charge in [-0.25, -0.2) is 9.97 Å². The summed E-state index contributed by atoms with van der Waals surface area (Å²) in [4.78, 5) is 27.8. The highest BCUT2D eigenvalue weighted by Crippen LogP contribution is 2.28. The van der Waals surface area contributed by atoms with Crippen molar-refractivity contribution in [1.82, 2.24) is 15.0 Å². The van der Waals surface area contributed by atoms with Crippen molar-refractivity contribution in [2.75, 3.05) is 41.8 Å². The number of anilines is 4. The molecule has 2 aromatic carbocycles. The van der Waals surface area contributed by atoms with Gasteiger partial charge in [0, 0.05) is 53.5 Å². The Morgan fingerprint density at radius 3 is 2.83 bits per heavy atom. The van der Waals surface area contributed by atoms with Gasteiger partial charge in [-0.05, 0) is 48.5 Å². The summed E-state index contributed by atoms with van der Waals surface area (Å²) in [6.45, 7) is 6.20. The van der Waals surface area contributed by atoms with Crippen LogP contribution in [0.5, 0.6) is 0 Å². The first-order valence-electron chi connectivity index (χ1n) is 11.7. The molecular formula is C27H27N7O2. The Bertz CT molecular complexity index is 1390. The third-order valence-electron chi connectivity index (χ3n) is 6.04. The molecule has 9 heteroatoms. The molecule has 0 radical (unpaired) electrons. The molecule has 0 unspecified atom stereocenters. The fourth-order valence-corrected chi connectivity index (χ4v) is 4.22. The molecule has 5 rings (SSSR count). The monoisotopic (exact) mass is 481 g/mol. The number of ether oxygens (including phenoxy) is 1. The molecule has 1 amide bonds. The number of carbonyl (C=O) groups excluding carboxylic acids is 1. The minimum atomic E-state index is -0.273. The molecule has 1 atom stereocenters. The second-order valence-corrected chi connectivity index (χ2v) is 8.39. The van der Waals surface area contributed by atoms with Gasteiger partial charge in [0.2, 0.25) is 11.9 Å². The molecule has 4 aromatic rings. The normalized spacial score (nSPS) is 15.5. The van der Waals surface area contributed by atoms with E-state index in [1.165, 1.54) is 6.08 Å². The van der Waals surface area contributed by atoms with Crippen LogP contribution in [-0.4, -0.2) is 53.2 Å². The number of pyridine rings is 1. The van der Waals surface area contributed by atoms with E-state index in [9.17, 15) is 4.79 Å². The average molecular weight is 482 g/mol. The van der Waals surface area contributed by atoms with Crippen LogP contribution in [0.2, 0.25) is 0 Å². The molecule has 1 aliphatic rings. The van der Waals surface area contributed by atoms with Crippen molar-refractivity contribution in [2.45, 2.75) is 6.04 Å². The molecule has 36 heavy (non-hydrogen) atoms. The summed E-state index contributed by atoms with van der Waals surface area (Å²) < 4.78 is 5.55. The number of nitrogens with two attached hydrogens (primary N) is 1. The first kappa shape index (κ1) is 23.4. The lowest BCUT2D eigenvalue weighted by atomic mass is 10.1. The second kappa shape index (κ2) is 10.5. The first-order chi connectivity index (χ1) is 17.6. The van der Waals surface area contributed by atoms with Crippen molar-refractivity contribution in [1.29, 1.82) is 0 Å². The number of hydrogen-bond acceptors (Lipinski definition) is 8. The van der Waals surface area contributed by atoms with E-state index in [1.807, 2.05) is 42.5 Å². The molecule has 0 spiro atoms. The summed E-state index contributed by atoms with van der Waals surface area (Å²) in [5, 5.41) is 6.93. The van der Waals surface area contributed by atoms with E-state index < -0.39 is 0 Å². The van der Waals surface area contributed by atoms with Gasteiger partial charge < -0.3 is 26.0 Å². The van der Waals surface area contributed by atoms with Gasteiger partial charge in [-0.1, -0.05) is 18.7 Å². The van der Waals surface area contributed by atoms with Gasteiger partial charge in [-0.2, -0.15) is 0 Å². The van der Waals surface area contributed by atoms with Crippen LogP contribution < -0.4 is 21.3 Å². The molecule has 0 saturated carbocycles. The number of morpholine rings is 1. The first-order valence-corrected chi connectivity index (χ1v) is 11.7. The number of amides is 1. The molecule has 1 fully saturated rings. The van der Waals surface area contributed by atoms with Crippen molar-refractivity contribution in [3.8, 4) is 11.3 Å². The standard InChI is InChI=1S/C27H27N7O2/c1-2-24(35)31-21-5-3-4-18(14-21)25-26-19(10-11-29-25)16-30-27(33-26)32-20-6-8-22(9-7-20)34-12-13-36-17-23(34)15-28/h2-11,14,16,23H,1,12-13,15,17,28H2,(H,31,35)(H,30,32,33)/t23-/m1/s1. The fraction of sp³-hybridized carbons (Fsp3) is 0.185. The predicted molar refractivity (Wildman–Crippen MR) is 142 cm³/mol. The fourth-order valence-electron chi connectivity index (χ4n) is 4.22. The summed E-state index contributed by atoms with van der Waals surface area (Å²) in [5.41, 5.74) is 10.8. The molecule has 0 bridgehead atoms. The summed E-state index contributed by atoms with van der Waals surface area (Å²) in [5.74, 6) is 0.192. The van der Waals surface area contributed by atoms with E-state index in [-0.39, 0.29) is 11.9 Å². The number of rotatable bonds is 7. The highest BCUT2D eigenvalue weighted by Gasteiger charge is 2.21. The van der Waals surface area contributed by atoms with Gasteiger partial charge in [0.05, 0.1) is 24.9 Å². The van der Waals surface area contributed by atoms with Crippen LogP contribution in [0.15, 0.2) is 79.6 Å². The van der Waals surface area contributed by atoms with Gasteiger partial charge in [0.15, 0.2) is 0 Å². The summed E-state index contributed by atoms with van der Waals surface area (Å²) in [6.07, 6.45) is 4.73. The zero-order valence-corrected chi connectivity index (χ0v) is 19.7. The van der Waals surface area contributed by atoms with Gasteiger partial charge in [-0.3, -0.25) is 9.78 Å². The van der Waals surface area contributed by atoms with Crippen LogP contribution in [0.1, 0.15) is 0 Å². The van der Waals surface area contributed by atoms with E-state index in [1.54, 1.807) is 12.4 Å². The van der Waals surface area contributed by atoms with Crippen LogP contribution in [0.3, 0.4) is 0 Å². The van der Waals surface area contributed by atoms with Gasteiger partial charge in [0.25, 0.3) is 0 Å². The largest absolute Gasteiger partial charge is 0.377 e. The Hall–Kier alpha value is -4.34. The number of nitrogens with zero attached hydrogens (tertiary/aromatic N) is 4. The Morgan fingerprint density at radius 2 is 2.03 bits per heavy atom.